The molecule has 84 valence electrons. The molecule has 0 spiro atoms. The average molecular weight is 227 g/mol. The van der Waals surface area contributed by atoms with E-state index in [1.165, 1.54) is 0 Å². The van der Waals surface area contributed by atoms with Crippen molar-refractivity contribution in [2.75, 3.05) is 0 Å². The van der Waals surface area contributed by atoms with E-state index in [2.05, 4.69) is 4.98 Å². The van der Waals surface area contributed by atoms with Crippen molar-refractivity contribution >= 4 is 5.97 Å². The van der Waals surface area contributed by atoms with Crippen LogP contribution in [0.25, 0.3) is 0 Å². The summed E-state index contributed by atoms with van der Waals surface area (Å²) >= 11 is 0. The average Bonchev–Trinajstić information content (AvgIpc) is 2.26. The molecule has 5 nitrogen and oxygen atoms in total. The highest BCUT2D eigenvalue weighted by molar-refractivity contribution is 5.85. The van der Waals surface area contributed by atoms with Crippen molar-refractivity contribution in [1.29, 1.82) is 5.26 Å². The highest BCUT2D eigenvalue weighted by Gasteiger charge is 2.20. The van der Waals surface area contributed by atoms with E-state index in [9.17, 15) is 13.6 Å². The van der Waals surface area contributed by atoms with Gasteiger partial charge in [0.25, 0.3) is 6.43 Å². The summed E-state index contributed by atoms with van der Waals surface area (Å²) in [7, 11) is 0. The van der Waals surface area contributed by atoms with Gasteiger partial charge in [0, 0.05) is 17.7 Å². The monoisotopic (exact) mass is 227 g/mol. The lowest BCUT2D eigenvalue weighted by atomic mass is 10.1. The number of carboxylic acids is 1. The maximum atomic E-state index is 12.6. The number of halogens is 2. The van der Waals surface area contributed by atoms with Crippen molar-refractivity contribution in [3.63, 3.8) is 0 Å². The van der Waals surface area contributed by atoms with Crippen LogP contribution in [0, 0.1) is 11.3 Å². The lowest BCUT2D eigenvalue weighted by Gasteiger charge is -2.09. The number of nitriles is 1. The van der Waals surface area contributed by atoms with Gasteiger partial charge in [-0.3, -0.25) is 0 Å². The molecule has 1 heterocycles. The number of rotatable bonds is 3. The Balaban J connectivity index is 3.51. The second-order valence-corrected chi connectivity index (χ2v) is 2.85. The normalized spacial score (nSPS) is 10.2. The standard InChI is InChI=1S/C9H7F2N3O2/c10-8(11)4-1-6(9(15)16)14-7(3-13)5(4)2-12/h1,8H,2,12H2,(H,15,16). The van der Waals surface area contributed by atoms with E-state index >= 15 is 0 Å². The van der Waals surface area contributed by atoms with Gasteiger partial charge >= 0.3 is 5.97 Å². The molecular weight excluding hydrogens is 220 g/mol. The van der Waals surface area contributed by atoms with Gasteiger partial charge in [-0.1, -0.05) is 0 Å². The number of aromatic carboxylic acids is 1. The first kappa shape index (κ1) is 12.0. The zero-order valence-corrected chi connectivity index (χ0v) is 7.94. The number of nitrogens with zero attached hydrogens (tertiary/aromatic N) is 2. The molecule has 0 unspecified atom stereocenters. The van der Waals surface area contributed by atoms with Crippen LogP contribution in [0.5, 0.6) is 0 Å². The summed E-state index contributed by atoms with van der Waals surface area (Å²) in [6.45, 7) is -0.296. The first-order chi connectivity index (χ1) is 7.51. The van der Waals surface area contributed by atoms with E-state index in [-0.39, 0.29) is 17.8 Å². The molecule has 1 aromatic rings. The topological polar surface area (TPSA) is 100 Å². The molecule has 0 aliphatic carbocycles. The molecule has 3 N–H and O–H groups in total. The molecule has 0 amide bonds. The number of hydrogen-bond acceptors (Lipinski definition) is 4. The number of aromatic nitrogens is 1. The first-order valence-corrected chi connectivity index (χ1v) is 4.16. The van der Waals surface area contributed by atoms with Crippen molar-refractivity contribution in [1.82, 2.24) is 4.98 Å². The number of alkyl halides is 2. The largest absolute Gasteiger partial charge is 0.477 e. The summed E-state index contributed by atoms with van der Waals surface area (Å²) in [6, 6.07) is 2.28. The van der Waals surface area contributed by atoms with Gasteiger partial charge in [0.2, 0.25) is 0 Å². The van der Waals surface area contributed by atoms with Gasteiger partial charge in [0.1, 0.15) is 17.5 Å². The lowest BCUT2D eigenvalue weighted by Crippen LogP contribution is -2.11. The van der Waals surface area contributed by atoms with E-state index in [0.717, 1.165) is 6.07 Å². The van der Waals surface area contributed by atoms with Crippen LogP contribution in [-0.2, 0) is 6.54 Å². The number of nitrogens with two attached hydrogens (primary N) is 1. The quantitative estimate of drug-likeness (QED) is 0.803. The number of carboxylic acid groups (broad SMARTS) is 1. The number of hydrogen-bond donors (Lipinski definition) is 2. The Morgan fingerprint density at radius 1 is 1.69 bits per heavy atom. The van der Waals surface area contributed by atoms with Crippen molar-refractivity contribution < 1.29 is 18.7 Å². The van der Waals surface area contributed by atoms with E-state index < -0.39 is 23.7 Å². The molecule has 0 bridgehead atoms. The van der Waals surface area contributed by atoms with Crippen LogP contribution in [-0.4, -0.2) is 16.1 Å². The van der Waals surface area contributed by atoms with Gasteiger partial charge in [-0.25, -0.2) is 18.6 Å². The van der Waals surface area contributed by atoms with Gasteiger partial charge in [0.05, 0.1) is 0 Å². The molecule has 0 fully saturated rings. The van der Waals surface area contributed by atoms with E-state index in [4.69, 9.17) is 16.1 Å². The second kappa shape index (κ2) is 4.63. The molecular formula is C9H7F2N3O2. The molecule has 16 heavy (non-hydrogen) atoms. The Kier molecular flexibility index (Phi) is 3.48. The van der Waals surface area contributed by atoms with Crippen LogP contribution in [0.2, 0.25) is 0 Å². The molecule has 7 heteroatoms. The molecule has 0 radical (unpaired) electrons. The highest BCUT2D eigenvalue weighted by atomic mass is 19.3. The number of pyridine rings is 1. The van der Waals surface area contributed by atoms with Crippen molar-refractivity contribution in [3.05, 3.63) is 28.6 Å². The van der Waals surface area contributed by atoms with Gasteiger partial charge in [0.15, 0.2) is 0 Å². The van der Waals surface area contributed by atoms with Gasteiger partial charge < -0.3 is 10.8 Å². The Bertz CT molecular complexity index is 469. The van der Waals surface area contributed by atoms with Crippen molar-refractivity contribution in [3.8, 4) is 6.07 Å². The van der Waals surface area contributed by atoms with Crippen LogP contribution in [0.1, 0.15) is 33.7 Å². The van der Waals surface area contributed by atoms with Gasteiger partial charge in [-0.05, 0) is 6.07 Å². The SMILES string of the molecule is N#Cc1nc(C(=O)O)cc(C(F)F)c1CN. The number of carbonyl (C=O) groups is 1. The van der Waals surface area contributed by atoms with Crippen molar-refractivity contribution in [2.45, 2.75) is 13.0 Å². The molecule has 0 aliphatic heterocycles. The van der Waals surface area contributed by atoms with Crippen molar-refractivity contribution in [2.24, 2.45) is 5.73 Å². The van der Waals surface area contributed by atoms with Crippen LogP contribution >= 0.6 is 0 Å². The summed E-state index contributed by atoms with van der Waals surface area (Å²) in [5.41, 5.74) is 3.56. The third-order valence-corrected chi connectivity index (χ3v) is 1.92. The highest BCUT2D eigenvalue weighted by Crippen LogP contribution is 2.25. The fourth-order valence-corrected chi connectivity index (χ4v) is 1.20. The Morgan fingerprint density at radius 3 is 2.69 bits per heavy atom. The molecule has 1 rings (SSSR count). The summed E-state index contributed by atoms with van der Waals surface area (Å²) in [5.74, 6) is -1.47. The van der Waals surface area contributed by atoms with Crippen LogP contribution in [0.4, 0.5) is 8.78 Å². The minimum Gasteiger partial charge on any atom is -0.477 e. The Morgan fingerprint density at radius 2 is 2.31 bits per heavy atom. The summed E-state index contributed by atoms with van der Waals surface area (Å²) in [6.07, 6.45) is -2.90. The van der Waals surface area contributed by atoms with Crippen LogP contribution in [0.3, 0.4) is 0 Å². The predicted molar refractivity (Wildman–Crippen MR) is 48.8 cm³/mol. The molecule has 1 aromatic heterocycles. The summed E-state index contributed by atoms with van der Waals surface area (Å²) < 4.78 is 25.2. The molecule has 0 aliphatic rings. The second-order valence-electron chi connectivity index (χ2n) is 2.85. The third-order valence-electron chi connectivity index (χ3n) is 1.92. The fraction of sp³-hybridized carbons (Fsp3) is 0.222. The Hall–Kier alpha value is -2.07. The summed E-state index contributed by atoms with van der Waals surface area (Å²) in [4.78, 5) is 14.0. The smallest absolute Gasteiger partial charge is 0.354 e. The van der Waals surface area contributed by atoms with E-state index in [1.807, 2.05) is 0 Å². The van der Waals surface area contributed by atoms with E-state index in [0.29, 0.717) is 0 Å². The predicted octanol–water partition coefficient (Wildman–Crippen LogP) is 1.05. The Labute approximate surface area is 89.1 Å². The minimum absolute atomic E-state index is 0.123. The third kappa shape index (κ3) is 2.12. The zero-order chi connectivity index (χ0) is 12.3. The maximum Gasteiger partial charge on any atom is 0.354 e. The van der Waals surface area contributed by atoms with Gasteiger partial charge in [-0.15, -0.1) is 0 Å². The fourth-order valence-electron chi connectivity index (χ4n) is 1.20. The van der Waals surface area contributed by atoms with Crippen LogP contribution < -0.4 is 5.73 Å². The van der Waals surface area contributed by atoms with Crippen LogP contribution in [0.15, 0.2) is 6.07 Å². The first-order valence-electron chi connectivity index (χ1n) is 4.16. The van der Waals surface area contributed by atoms with E-state index in [1.54, 1.807) is 6.07 Å². The summed E-state index contributed by atoms with van der Waals surface area (Å²) in [5, 5.41) is 17.3. The molecule has 0 aromatic carbocycles. The molecule has 0 saturated heterocycles. The maximum absolute atomic E-state index is 12.6. The van der Waals surface area contributed by atoms with Gasteiger partial charge in [-0.2, -0.15) is 5.26 Å². The molecule has 0 atom stereocenters. The lowest BCUT2D eigenvalue weighted by molar-refractivity contribution is 0.0689. The molecule has 0 saturated carbocycles. The zero-order valence-electron chi connectivity index (χ0n) is 7.94. The minimum atomic E-state index is -2.90.